The second kappa shape index (κ2) is 5.96. The molecule has 1 atom stereocenters. The molecule has 5 nitrogen and oxygen atoms in total. The lowest BCUT2D eigenvalue weighted by Crippen LogP contribution is -2.49. The molecule has 1 spiro atoms. The van der Waals surface area contributed by atoms with Crippen molar-refractivity contribution >= 4 is 5.91 Å². The maximum Gasteiger partial charge on any atom is 0.249 e. The lowest BCUT2D eigenvalue weighted by Gasteiger charge is -2.46. The molecule has 2 aliphatic heterocycles. The van der Waals surface area contributed by atoms with Crippen molar-refractivity contribution < 1.29 is 19.0 Å². The molecule has 0 bridgehead atoms. The van der Waals surface area contributed by atoms with Crippen LogP contribution in [0.4, 0.5) is 0 Å². The minimum Gasteiger partial charge on any atom is -0.486 e. The third kappa shape index (κ3) is 2.37. The van der Waals surface area contributed by atoms with E-state index in [1.807, 2.05) is 4.90 Å². The molecule has 4 rings (SSSR count). The summed E-state index contributed by atoms with van der Waals surface area (Å²) in [7, 11) is 1.58. The Labute approximate surface area is 142 Å². The fourth-order valence-electron chi connectivity index (χ4n) is 4.62. The largest absolute Gasteiger partial charge is 0.486 e. The number of carbonyl (C=O) groups excluding carboxylic acids is 1. The highest BCUT2D eigenvalue weighted by molar-refractivity contribution is 5.79. The van der Waals surface area contributed by atoms with Crippen LogP contribution in [-0.2, 0) is 14.9 Å². The Morgan fingerprint density at radius 2 is 1.92 bits per heavy atom. The van der Waals surface area contributed by atoms with E-state index in [0.29, 0.717) is 13.2 Å². The SMILES string of the molecule is COCC(=O)N1CC2(CCCC2)c2cc3c(cc2C1C)OCCO3. The number of ether oxygens (including phenoxy) is 3. The predicted molar refractivity (Wildman–Crippen MR) is 89.6 cm³/mol. The molecule has 1 aromatic carbocycles. The zero-order valence-corrected chi connectivity index (χ0v) is 14.5. The van der Waals surface area contributed by atoms with Crippen molar-refractivity contribution in [3.05, 3.63) is 23.3 Å². The maximum absolute atomic E-state index is 12.6. The van der Waals surface area contributed by atoms with Gasteiger partial charge in [-0.2, -0.15) is 0 Å². The van der Waals surface area contributed by atoms with Crippen LogP contribution >= 0.6 is 0 Å². The maximum atomic E-state index is 12.6. The molecular weight excluding hydrogens is 306 g/mol. The minimum atomic E-state index is 0.0321. The molecule has 1 fully saturated rings. The fourth-order valence-corrected chi connectivity index (χ4v) is 4.62. The van der Waals surface area contributed by atoms with Crippen LogP contribution in [0.3, 0.4) is 0 Å². The molecule has 24 heavy (non-hydrogen) atoms. The van der Waals surface area contributed by atoms with Crippen molar-refractivity contribution in [3.8, 4) is 11.5 Å². The molecule has 0 radical (unpaired) electrons. The summed E-state index contributed by atoms with van der Waals surface area (Å²) in [6.45, 7) is 4.21. The quantitative estimate of drug-likeness (QED) is 0.836. The van der Waals surface area contributed by atoms with Crippen molar-refractivity contribution in [1.29, 1.82) is 0 Å². The van der Waals surface area contributed by atoms with E-state index in [2.05, 4.69) is 19.1 Å². The summed E-state index contributed by atoms with van der Waals surface area (Å²) in [5, 5.41) is 0. The zero-order valence-electron chi connectivity index (χ0n) is 14.5. The molecule has 5 heteroatoms. The average molecular weight is 331 g/mol. The van der Waals surface area contributed by atoms with E-state index in [1.165, 1.54) is 24.0 Å². The van der Waals surface area contributed by atoms with E-state index in [0.717, 1.165) is 30.9 Å². The van der Waals surface area contributed by atoms with Crippen LogP contribution in [0, 0.1) is 0 Å². The van der Waals surface area contributed by atoms with E-state index in [1.54, 1.807) is 7.11 Å². The van der Waals surface area contributed by atoms with Crippen LogP contribution in [-0.4, -0.2) is 44.3 Å². The fraction of sp³-hybridized carbons (Fsp3) is 0.632. The van der Waals surface area contributed by atoms with Gasteiger partial charge in [-0.15, -0.1) is 0 Å². The minimum absolute atomic E-state index is 0.0321. The predicted octanol–water partition coefficient (Wildman–Crippen LogP) is 2.82. The first-order chi connectivity index (χ1) is 11.6. The Morgan fingerprint density at radius 3 is 2.58 bits per heavy atom. The van der Waals surface area contributed by atoms with Crippen LogP contribution in [0.15, 0.2) is 12.1 Å². The molecule has 0 N–H and O–H groups in total. The van der Waals surface area contributed by atoms with Gasteiger partial charge >= 0.3 is 0 Å². The van der Waals surface area contributed by atoms with E-state index in [-0.39, 0.29) is 24.0 Å². The van der Waals surface area contributed by atoms with Crippen LogP contribution in [0.2, 0.25) is 0 Å². The molecule has 130 valence electrons. The molecule has 1 amide bonds. The first-order valence-corrected chi connectivity index (χ1v) is 8.87. The van der Waals surface area contributed by atoms with Gasteiger partial charge in [0.25, 0.3) is 0 Å². The number of fused-ring (bicyclic) bond motifs is 3. The topological polar surface area (TPSA) is 48.0 Å². The second-order valence-corrected chi connectivity index (χ2v) is 7.20. The van der Waals surface area contributed by atoms with E-state index >= 15 is 0 Å². The van der Waals surface area contributed by atoms with Gasteiger partial charge in [0.1, 0.15) is 19.8 Å². The first kappa shape index (κ1) is 15.8. The summed E-state index contributed by atoms with van der Waals surface area (Å²) in [5.74, 6) is 1.73. The molecule has 0 aromatic heterocycles. The number of amides is 1. The standard InChI is InChI=1S/C19H25NO4/c1-13-14-9-16-17(24-8-7-23-16)10-15(14)19(5-3-4-6-19)12-20(13)18(21)11-22-2/h9-10,13H,3-8,11-12H2,1-2H3. The monoisotopic (exact) mass is 331 g/mol. The number of hydrogen-bond donors (Lipinski definition) is 0. The zero-order chi connectivity index (χ0) is 16.7. The van der Waals surface area contributed by atoms with Gasteiger partial charge in [-0.1, -0.05) is 12.8 Å². The van der Waals surface area contributed by atoms with Gasteiger partial charge in [-0.3, -0.25) is 4.79 Å². The van der Waals surface area contributed by atoms with Crippen molar-refractivity contribution in [2.75, 3.05) is 33.5 Å². The molecule has 2 heterocycles. The van der Waals surface area contributed by atoms with E-state index in [9.17, 15) is 4.79 Å². The summed E-state index contributed by atoms with van der Waals surface area (Å²) in [4.78, 5) is 14.6. The van der Waals surface area contributed by atoms with Crippen LogP contribution in [0.25, 0.3) is 0 Å². The number of benzene rings is 1. The van der Waals surface area contributed by atoms with Gasteiger partial charge in [0.05, 0.1) is 6.04 Å². The Kier molecular flexibility index (Phi) is 3.91. The summed E-state index contributed by atoms with van der Waals surface area (Å²) in [6.07, 6.45) is 4.69. The Bertz CT molecular complexity index is 651. The first-order valence-electron chi connectivity index (χ1n) is 8.87. The van der Waals surface area contributed by atoms with Crippen molar-refractivity contribution in [2.45, 2.75) is 44.1 Å². The molecule has 1 aromatic rings. The number of nitrogens with zero attached hydrogens (tertiary/aromatic N) is 1. The Balaban J connectivity index is 1.81. The van der Waals surface area contributed by atoms with Gasteiger partial charge < -0.3 is 19.1 Å². The third-order valence-electron chi connectivity index (χ3n) is 5.83. The van der Waals surface area contributed by atoms with Gasteiger partial charge in [-0.25, -0.2) is 0 Å². The summed E-state index contributed by atoms with van der Waals surface area (Å²) < 4.78 is 16.7. The van der Waals surface area contributed by atoms with E-state index < -0.39 is 0 Å². The molecular formula is C19H25NO4. The lowest BCUT2D eigenvalue weighted by molar-refractivity contribution is -0.139. The van der Waals surface area contributed by atoms with E-state index in [4.69, 9.17) is 14.2 Å². The smallest absolute Gasteiger partial charge is 0.249 e. The van der Waals surface area contributed by atoms with Crippen molar-refractivity contribution in [3.63, 3.8) is 0 Å². The Morgan fingerprint density at radius 1 is 1.25 bits per heavy atom. The Hall–Kier alpha value is -1.75. The van der Waals surface area contributed by atoms with Crippen LogP contribution in [0.1, 0.15) is 49.8 Å². The van der Waals surface area contributed by atoms with Crippen LogP contribution in [0.5, 0.6) is 11.5 Å². The molecule has 3 aliphatic rings. The summed E-state index contributed by atoms with van der Waals surface area (Å²) in [6, 6.07) is 4.31. The van der Waals surface area contributed by atoms with Gasteiger partial charge in [0, 0.05) is 19.1 Å². The molecule has 1 saturated carbocycles. The highest BCUT2D eigenvalue weighted by atomic mass is 16.6. The number of rotatable bonds is 2. The summed E-state index contributed by atoms with van der Waals surface area (Å²) >= 11 is 0. The van der Waals surface area contributed by atoms with Crippen molar-refractivity contribution in [2.24, 2.45) is 0 Å². The average Bonchev–Trinajstić information content (AvgIpc) is 3.06. The number of methoxy groups -OCH3 is 1. The normalized spacial score (nSPS) is 24.1. The molecule has 1 unspecified atom stereocenters. The third-order valence-corrected chi connectivity index (χ3v) is 5.83. The van der Waals surface area contributed by atoms with Gasteiger partial charge in [0.15, 0.2) is 11.5 Å². The number of hydrogen-bond acceptors (Lipinski definition) is 4. The van der Waals surface area contributed by atoms with Gasteiger partial charge in [0.2, 0.25) is 5.91 Å². The summed E-state index contributed by atoms with van der Waals surface area (Å²) in [5.41, 5.74) is 2.62. The number of carbonyl (C=O) groups is 1. The molecule has 0 saturated heterocycles. The van der Waals surface area contributed by atoms with Gasteiger partial charge in [-0.05, 0) is 43.0 Å². The molecule has 1 aliphatic carbocycles. The van der Waals surface area contributed by atoms with Crippen LogP contribution < -0.4 is 9.47 Å². The highest BCUT2D eigenvalue weighted by Gasteiger charge is 2.46. The highest BCUT2D eigenvalue weighted by Crippen LogP contribution is 2.51. The lowest BCUT2D eigenvalue weighted by atomic mass is 9.71. The second-order valence-electron chi connectivity index (χ2n) is 7.20. The van der Waals surface area contributed by atoms with Crippen molar-refractivity contribution in [1.82, 2.24) is 4.90 Å².